The highest BCUT2D eigenvalue weighted by molar-refractivity contribution is 5.96. The zero-order chi connectivity index (χ0) is 16.1. The molecule has 2 aromatic rings. The summed E-state index contributed by atoms with van der Waals surface area (Å²) >= 11 is 0. The molecule has 0 bridgehead atoms. The Morgan fingerprint density at radius 3 is 2.73 bits per heavy atom. The van der Waals surface area contributed by atoms with Gasteiger partial charge in [-0.15, -0.1) is 0 Å². The molecule has 0 atom stereocenters. The topological polar surface area (TPSA) is 102 Å². The highest BCUT2D eigenvalue weighted by atomic mass is 16.6. The van der Waals surface area contributed by atoms with Crippen LogP contribution in [0.3, 0.4) is 0 Å². The van der Waals surface area contributed by atoms with E-state index in [1.54, 1.807) is 24.3 Å². The molecular weight excluding hydrogens is 288 g/mol. The number of phenolic OH excluding ortho intramolecular Hbond substituents is 1. The fourth-order valence-electron chi connectivity index (χ4n) is 1.77. The SMILES string of the molecule is COC(=O)c1ccccc1N=Cc1cc([N+](=O)[O-])ccc1O. The van der Waals surface area contributed by atoms with Gasteiger partial charge in [-0.2, -0.15) is 0 Å². The molecule has 0 aliphatic carbocycles. The van der Waals surface area contributed by atoms with Crippen molar-refractivity contribution in [1.29, 1.82) is 0 Å². The third-order valence-electron chi connectivity index (χ3n) is 2.87. The molecule has 0 fully saturated rings. The van der Waals surface area contributed by atoms with E-state index in [0.717, 1.165) is 0 Å². The Labute approximate surface area is 125 Å². The number of esters is 1. The largest absolute Gasteiger partial charge is 0.507 e. The standard InChI is InChI=1S/C15H12N2O5/c1-22-15(19)12-4-2-3-5-13(12)16-9-10-8-11(17(20)21)6-7-14(10)18/h2-9,18H,1H3. The van der Waals surface area contributed by atoms with Crippen LogP contribution in [-0.4, -0.2) is 29.3 Å². The highest BCUT2D eigenvalue weighted by Gasteiger charge is 2.11. The fraction of sp³-hybridized carbons (Fsp3) is 0.0667. The molecule has 0 spiro atoms. The molecule has 0 heterocycles. The lowest BCUT2D eigenvalue weighted by molar-refractivity contribution is -0.384. The van der Waals surface area contributed by atoms with Crippen LogP contribution < -0.4 is 0 Å². The lowest BCUT2D eigenvalue weighted by Crippen LogP contribution is -2.01. The summed E-state index contributed by atoms with van der Waals surface area (Å²) < 4.78 is 4.65. The van der Waals surface area contributed by atoms with Crippen LogP contribution in [0.15, 0.2) is 47.5 Å². The predicted octanol–water partition coefficient (Wildman–Crippen LogP) is 2.84. The minimum absolute atomic E-state index is 0.148. The second kappa shape index (κ2) is 6.49. The minimum atomic E-state index is -0.570. The molecule has 112 valence electrons. The third-order valence-corrected chi connectivity index (χ3v) is 2.87. The summed E-state index contributed by atoms with van der Waals surface area (Å²) in [7, 11) is 1.26. The molecule has 0 saturated heterocycles. The first kappa shape index (κ1) is 15.2. The number of hydrogen-bond donors (Lipinski definition) is 1. The molecule has 0 saturated carbocycles. The second-order valence-corrected chi connectivity index (χ2v) is 4.27. The van der Waals surface area contributed by atoms with Gasteiger partial charge in [0.05, 0.1) is 23.3 Å². The third kappa shape index (κ3) is 3.26. The molecule has 7 heteroatoms. The van der Waals surface area contributed by atoms with Gasteiger partial charge >= 0.3 is 5.97 Å². The summed E-state index contributed by atoms with van der Waals surface area (Å²) in [6, 6.07) is 10.1. The number of aromatic hydroxyl groups is 1. The van der Waals surface area contributed by atoms with E-state index in [0.29, 0.717) is 5.69 Å². The molecule has 7 nitrogen and oxygen atoms in total. The van der Waals surface area contributed by atoms with Gasteiger partial charge in [-0.25, -0.2) is 4.79 Å². The van der Waals surface area contributed by atoms with Gasteiger partial charge in [-0.3, -0.25) is 15.1 Å². The number of ether oxygens (including phenoxy) is 1. The van der Waals surface area contributed by atoms with Crippen molar-refractivity contribution in [2.24, 2.45) is 4.99 Å². The van der Waals surface area contributed by atoms with Crippen LogP contribution in [0, 0.1) is 10.1 Å². The maximum atomic E-state index is 11.6. The molecule has 0 aliphatic rings. The van der Waals surface area contributed by atoms with E-state index in [1.165, 1.54) is 31.5 Å². The first-order valence-corrected chi connectivity index (χ1v) is 6.21. The number of methoxy groups -OCH3 is 1. The van der Waals surface area contributed by atoms with Crippen LogP contribution in [0.2, 0.25) is 0 Å². The van der Waals surface area contributed by atoms with Gasteiger partial charge in [0, 0.05) is 23.9 Å². The van der Waals surface area contributed by atoms with Crippen molar-refractivity contribution in [3.8, 4) is 5.75 Å². The maximum Gasteiger partial charge on any atom is 0.340 e. The van der Waals surface area contributed by atoms with Gasteiger partial charge in [0.2, 0.25) is 0 Å². The number of nitro benzene ring substituents is 1. The monoisotopic (exact) mass is 300 g/mol. The van der Waals surface area contributed by atoms with E-state index in [1.807, 2.05) is 0 Å². The van der Waals surface area contributed by atoms with Crippen molar-refractivity contribution >= 4 is 23.6 Å². The van der Waals surface area contributed by atoms with Gasteiger partial charge in [-0.05, 0) is 18.2 Å². The van der Waals surface area contributed by atoms with Crippen molar-refractivity contribution < 1.29 is 19.6 Å². The highest BCUT2D eigenvalue weighted by Crippen LogP contribution is 2.24. The Bertz CT molecular complexity index is 755. The van der Waals surface area contributed by atoms with Crippen molar-refractivity contribution in [2.45, 2.75) is 0 Å². The van der Waals surface area contributed by atoms with Crippen LogP contribution in [0.25, 0.3) is 0 Å². The number of carbonyl (C=O) groups is 1. The second-order valence-electron chi connectivity index (χ2n) is 4.27. The van der Waals surface area contributed by atoms with Gasteiger partial charge < -0.3 is 9.84 Å². The Morgan fingerprint density at radius 2 is 2.05 bits per heavy atom. The number of carbonyl (C=O) groups excluding carboxylic acids is 1. The summed E-state index contributed by atoms with van der Waals surface area (Å²) in [5, 5.41) is 20.5. The van der Waals surface area contributed by atoms with Crippen LogP contribution in [0.1, 0.15) is 15.9 Å². The Balaban J connectivity index is 2.39. The van der Waals surface area contributed by atoms with Crippen LogP contribution in [-0.2, 0) is 4.74 Å². The van der Waals surface area contributed by atoms with Gasteiger partial charge in [0.1, 0.15) is 5.75 Å². The predicted molar refractivity (Wildman–Crippen MR) is 79.8 cm³/mol. The Morgan fingerprint density at radius 1 is 1.32 bits per heavy atom. The summed E-state index contributed by atoms with van der Waals surface area (Å²) in [5.41, 5.74) is 0.598. The van der Waals surface area contributed by atoms with E-state index < -0.39 is 10.9 Å². The summed E-state index contributed by atoms with van der Waals surface area (Å²) in [6.07, 6.45) is 1.25. The Hall–Kier alpha value is -3.22. The summed E-state index contributed by atoms with van der Waals surface area (Å²) in [5.74, 6) is -0.694. The zero-order valence-electron chi connectivity index (χ0n) is 11.6. The van der Waals surface area contributed by atoms with E-state index in [4.69, 9.17) is 0 Å². The van der Waals surface area contributed by atoms with Crippen LogP contribution in [0.4, 0.5) is 11.4 Å². The quantitative estimate of drug-likeness (QED) is 0.405. The molecule has 0 radical (unpaired) electrons. The molecule has 22 heavy (non-hydrogen) atoms. The van der Waals surface area contributed by atoms with Gasteiger partial charge in [0.15, 0.2) is 0 Å². The van der Waals surface area contributed by atoms with Gasteiger partial charge in [-0.1, -0.05) is 12.1 Å². The smallest absolute Gasteiger partial charge is 0.340 e. The number of nitro groups is 1. The number of phenols is 1. The average molecular weight is 300 g/mol. The molecule has 1 N–H and O–H groups in total. The van der Waals surface area contributed by atoms with E-state index >= 15 is 0 Å². The van der Waals surface area contributed by atoms with Crippen molar-refractivity contribution in [3.05, 3.63) is 63.7 Å². The molecule has 0 aliphatic heterocycles. The van der Waals surface area contributed by atoms with Crippen LogP contribution >= 0.6 is 0 Å². The minimum Gasteiger partial charge on any atom is -0.507 e. The van der Waals surface area contributed by atoms with Gasteiger partial charge in [0.25, 0.3) is 5.69 Å². The van der Waals surface area contributed by atoms with Crippen molar-refractivity contribution in [1.82, 2.24) is 0 Å². The molecule has 0 amide bonds. The number of rotatable bonds is 4. The number of non-ortho nitro benzene ring substituents is 1. The first-order chi connectivity index (χ1) is 10.5. The first-order valence-electron chi connectivity index (χ1n) is 6.21. The summed E-state index contributed by atoms with van der Waals surface area (Å²) in [6.45, 7) is 0. The molecule has 0 unspecified atom stereocenters. The van der Waals surface area contributed by atoms with Crippen molar-refractivity contribution in [3.63, 3.8) is 0 Å². The number of hydrogen-bond acceptors (Lipinski definition) is 6. The lowest BCUT2D eigenvalue weighted by atomic mass is 10.1. The summed E-state index contributed by atoms with van der Waals surface area (Å²) in [4.78, 5) is 25.9. The number of nitrogens with zero attached hydrogens (tertiary/aromatic N) is 2. The molecule has 2 aromatic carbocycles. The normalized spacial score (nSPS) is 10.6. The number of benzene rings is 2. The van der Waals surface area contributed by atoms with Crippen LogP contribution in [0.5, 0.6) is 5.75 Å². The zero-order valence-corrected chi connectivity index (χ0v) is 11.6. The fourth-order valence-corrected chi connectivity index (χ4v) is 1.77. The van der Waals surface area contributed by atoms with Crippen molar-refractivity contribution in [2.75, 3.05) is 7.11 Å². The Kier molecular flexibility index (Phi) is 4.47. The van der Waals surface area contributed by atoms with E-state index in [-0.39, 0.29) is 22.6 Å². The molecule has 2 rings (SSSR count). The van der Waals surface area contributed by atoms with E-state index in [9.17, 15) is 20.0 Å². The molecule has 0 aromatic heterocycles. The average Bonchev–Trinajstić information content (AvgIpc) is 2.53. The number of para-hydroxylation sites is 1. The number of aliphatic imine (C=N–C) groups is 1. The molecular formula is C15H12N2O5. The lowest BCUT2D eigenvalue weighted by Gasteiger charge is -2.03. The van der Waals surface area contributed by atoms with E-state index in [2.05, 4.69) is 9.73 Å². The maximum absolute atomic E-state index is 11.6.